The average Bonchev–Trinajstić information content (AvgIpc) is 3.06. The van der Waals surface area contributed by atoms with Gasteiger partial charge in [-0.1, -0.05) is 0 Å². The summed E-state index contributed by atoms with van der Waals surface area (Å²) in [4.78, 5) is 26.7. The third kappa shape index (κ3) is 4.16. The summed E-state index contributed by atoms with van der Waals surface area (Å²) in [6.45, 7) is 3.98. The third-order valence-corrected chi connectivity index (χ3v) is 7.17. The lowest BCUT2D eigenvalue weighted by atomic mass is 10.3. The lowest BCUT2D eigenvalue weighted by Crippen LogP contribution is -2.49. The maximum Gasteiger partial charge on any atom is 0.324 e. The molecular weight excluding hydrogens is 400 g/mol. The number of urea groups is 1. The van der Waals surface area contributed by atoms with Crippen molar-refractivity contribution in [3.05, 3.63) is 18.2 Å². The molecule has 3 aliphatic heterocycles. The highest BCUT2D eigenvalue weighted by atomic mass is 32.2. The largest absolute Gasteiger partial charge is 0.486 e. The Bertz CT molecular complexity index is 882. The summed E-state index contributed by atoms with van der Waals surface area (Å²) >= 11 is 0. The summed E-state index contributed by atoms with van der Waals surface area (Å²) in [5, 5.41) is 2.50. The minimum absolute atomic E-state index is 0.0647. The fraction of sp³-hybridized carbons (Fsp3) is 0.556. The summed E-state index contributed by atoms with van der Waals surface area (Å²) in [5.41, 5.74) is 0. The average molecular weight is 424 g/mol. The van der Waals surface area contributed by atoms with Gasteiger partial charge in [0.15, 0.2) is 11.5 Å². The van der Waals surface area contributed by atoms with Crippen molar-refractivity contribution in [1.82, 2.24) is 19.4 Å². The van der Waals surface area contributed by atoms with Gasteiger partial charge in [0.05, 0.1) is 11.4 Å². The van der Waals surface area contributed by atoms with Crippen LogP contribution >= 0.6 is 0 Å². The van der Waals surface area contributed by atoms with Crippen molar-refractivity contribution >= 4 is 22.0 Å². The van der Waals surface area contributed by atoms with Crippen LogP contribution in [-0.2, 0) is 14.8 Å². The molecule has 10 nitrogen and oxygen atoms in total. The van der Waals surface area contributed by atoms with Gasteiger partial charge >= 0.3 is 6.03 Å². The zero-order valence-electron chi connectivity index (χ0n) is 16.0. The molecule has 3 heterocycles. The number of benzene rings is 1. The SMILES string of the molecule is O=C1CNC(=O)N1CCCN1CCN(S(=O)(=O)c2ccc3c(c2)OCCO3)CC1. The summed E-state index contributed by atoms with van der Waals surface area (Å²) in [5.74, 6) is 0.812. The van der Waals surface area contributed by atoms with Crippen LogP contribution in [0.2, 0.25) is 0 Å². The van der Waals surface area contributed by atoms with E-state index in [0.29, 0.717) is 70.4 Å². The topological polar surface area (TPSA) is 108 Å². The smallest absolute Gasteiger partial charge is 0.324 e. The number of nitrogens with zero attached hydrogens (tertiary/aromatic N) is 3. The standard InChI is InChI=1S/C18H24N4O6S/c23-17-13-19-18(24)22(17)5-1-4-20-6-8-21(9-7-20)29(25,26)14-2-3-15-16(12-14)28-11-10-27-15/h2-3,12H,1,4-11,13H2,(H,19,24). The van der Waals surface area contributed by atoms with Crippen molar-refractivity contribution in [3.63, 3.8) is 0 Å². The maximum absolute atomic E-state index is 13.0. The van der Waals surface area contributed by atoms with E-state index in [0.717, 1.165) is 0 Å². The lowest BCUT2D eigenvalue weighted by molar-refractivity contribution is -0.125. The molecule has 29 heavy (non-hydrogen) atoms. The molecule has 2 fully saturated rings. The second-order valence-corrected chi connectivity index (χ2v) is 9.05. The first kappa shape index (κ1) is 19.9. The Morgan fingerprint density at radius 2 is 1.69 bits per heavy atom. The fourth-order valence-corrected chi connectivity index (χ4v) is 5.10. The van der Waals surface area contributed by atoms with E-state index in [4.69, 9.17) is 9.47 Å². The number of imide groups is 1. The van der Waals surface area contributed by atoms with Gasteiger partial charge in [-0.2, -0.15) is 4.31 Å². The first-order chi connectivity index (χ1) is 13.9. The quantitative estimate of drug-likeness (QED) is 0.625. The molecular formula is C18H24N4O6S. The van der Waals surface area contributed by atoms with E-state index in [1.165, 1.54) is 15.3 Å². The van der Waals surface area contributed by atoms with Gasteiger partial charge in [0.1, 0.15) is 13.2 Å². The fourth-order valence-electron chi connectivity index (χ4n) is 3.66. The van der Waals surface area contributed by atoms with Gasteiger partial charge in [0.2, 0.25) is 15.9 Å². The Morgan fingerprint density at radius 1 is 0.966 bits per heavy atom. The third-order valence-electron chi connectivity index (χ3n) is 5.28. The minimum atomic E-state index is -3.60. The van der Waals surface area contributed by atoms with Gasteiger partial charge in [-0.3, -0.25) is 9.69 Å². The number of piperazine rings is 1. The molecule has 0 saturated carbocycles. The molecule has 0 atom stereocenters. The molecule has 3 amide bonds. The van der Waals surface area contributed by atoms with Crippen molar-refractivity contribution in [2.45, 2.75) is 11.3 Å². The van der Waals surface area contributed by atoms with E-state index < -0.39 is 10.0 Å². The zero-order chi connectivity index (χ0) is 20.4. The number of hydrogen-bond acceptors (Lipinski definition) is 7. The van der Waals surface area contributed by atoms with E-state index in [1.54, 1.807) is 12.1 Å². The van der Waals surface area contributed by atoms with Crippen LogP contribution in [0.4, 0.5) is 4.79 Å². The predicted octanol–water partition coefficient (Wildman–Crippen LogP) is -0.294. The zero-order valence-corrected chi connectivity index (χ0v) is 16.8. The summed E-state index contributed by atoms with van der Waals surface area (Å²) in [6, 6.07) is 4.36. The van der Waals surface area contributed by atoms with Gasteiger partial charge in [0.25, 0.3) is 0 Å². The normalized spacial score (nSPS) is 20.8. The number of amides is 3. The first-order valence-electron chi connectivity index (χ1n) is 9.65. The highest BCUT2D eigenvalue weighted by molar-refractivity contribution is 7.89. The van der Waals surface area contributed by atoms with Crippen LogP contribution in [0.5, 0.6) is 11.5 Å². The molecule has 3 aliphatic rings. The summed E-state index contributed by atoms with van der Waals surface area (Å²) in [7, 11) is -3.60. The number of rotatable bonds is 6. The number of ether oxygens (including phenoxy) is 2. The Balaban J connectivity index is 1.29. The van der Waals surface area contributed by atoms with Gasteiger partial charge < -0.3 is 19.7 Å². The number of sulfonamides is 1. The van der Waals surface area contributed by atoms with Crippen molar-refractivity contribution < 1.29 is 27.5 Å². The molecule has 4 rings (SSSR count). The Morgan fingerprint density at radius 3 is 2.38 bits per heavy atom. The molecule has 0 bridgehead atoms. The molecule has 11 heteroatoms. The van der Waals surface area contributed by atoms with Crippen LogP contribution in [-0.4, -0.2) is 93.5 Å². The van der Waals surface area contributed by atoms with Crippen molar-refractivity contribution in [3.8, 4) is 11.5 Å². The molecule has 2 saturated heterocycles. The van der Waals surface area contributed by atoms with Crippen LogP contribution in [0.15, 0.2) is 23.1 Å². The molecule has 1 aromatic carbocycles. The van der Waals surface area contributed by atoms with Crippen LogP contribution < -0.4 is 14.8 Å². The highest BCUT2D eigenvalue weighted by Crippen LogP contribution is 2.33. The van der Waals surface area contributed by atoms with Crippen LogP contribution in [0.25, 0.3) is 0 Å². The number of fused-ring (bicyclic) bond motifs is 1. The number of carbonyl (C=O) groups excluding carboxylic acids is 2. The van der Waals surface area contributed by atoms with E-state index in [1.807, 2.05) is 0 Å². The van der Waals surface area contributed by atoms with E-state index in [9.17, 15) is 18.0 Å². The maximum atomic E-state index is 13.0. The van der Waals surface area contributed by atoms with E-state index in [-0.39, 0.29) is 23.4 Å². The molecule has 0 spiro atoms. The Hall–Kier alpha value is -2.37. The Kier molecular flexibility index (Phi) is 5.61. The molecule has 1 aromatic rings. The molecule has 0 unspecified atom stereocenters. The molecule has 0 radical (unpaired) electrons. The minimum Gasteiger partial charge on any atom is -0.486 e. The molecule has 1 N–H and O–H groups in total. The monoisotopic (exact) mass is 424 g/mol. The van der Waals surface area contributed by atoms with Crippen molar-refractivity contribution in [2.24, 2.45) is 0 Å². The second-order valence-electron chi connectivity index (χ2n) is 7.11. The van der Waals surface area contributed by atoms with Crippen molar-refractivity contribution in [1.29, 1.82) is 0 Å². The summed E-state index contributed by atoms with van der Waals surface area (Å²) in [6.07, 6.45) is 0.661. The second kappa shape index (κ2) is 8.17. The summed E-state index contributed by atoms with van der Waals surface area (Å²) < 4.78 is 38.3. The van der Waals surface area contributed by atoms with Gasteiger partial charge in [-0.25, -0.2) is 13.2 Å². The Labute approximate surface area is 169 Å². The number of nitrogens with one attached hydrogen (secondary N) is 1. The highest BCUT2D eigenvalue weighted by Gasteiger charge is 2.31. The molecule has 0 aromatic heterocycles. The van der Waals surface area contributed by atoms with Gasteiger partial charge in [-0.15, -0.1) is 0 Å². The van der Waals surface area contributed by atoms with Crippen molar-refractivity contribution in [2.75, 3.05) is 59.0 Å². The van der Waals surface area contributed by atoms with Crippen LogP contribution in [0.1, 0.15) is 6.42 Å². The molecule has 0 aliphatic carbocycles. The predicted molar refractivity (Wildman–Crippen MR) is 102 cm³/mol. The lowest BCUT2D eigenvalue weighted by Gasteiger charge is -2.34. The van der Waals surface area contributed by atoms with Crippen LogP contribution in [0, 0.1) is 0 Å². The van der Waals surface area contributed by atoms with E-state index in [2.05, 4.69) is 10.2 Å². The number of carbonyl (C=O) groups is 2. The van der Waals surface area contributed by atoms with Gasteiger partial charge in [-0.05, 0) is 25.1 Å². The van der Waals surface area contributed by atoms with Crippen LogP contribution in [0.3, 0.4) is 0 Å². The first-order valence-corrected chi connectivity index (χ1v) is 11.1. The molecule has 158 valence electrons. The van der Waals surface area contributed by atoms with Gasteiger partial charge in [0, 0.05) is 38.8 Å². The van der Waals surface area contributed by atoms with E-state index >= 15 is 0 Å². The number of hydrogen-bond donors (Lipinski definition) is 1.